The summed E-state index contributed by atoms with van der Waals surface area (Å²) in [6, 6.07) is 9.72. The molecule has 2 aromatic rings. The van der Waals surface area contributed by atoms with Gasteiger partial charge in [0.05, 0.1) is 13.2 Å². The van der Waals surface area contributed by atoms with Gasteiger partial charge in [0.15, 0.2) is 12.6 Å². The van der Waals surface area contributed by atoms with Gasteiger partial charge in [0.2, 0.25) is 0 Å². The van der Waals surface area contributed by atoms with Crippen molar-refractivity contribution in [2.45, 2.75) is 31.7 Å². The molecule has 138 valence electrons. The van der Waals surface area contributed by atoms with Crippen LogP contribution in [0.15, 0.2) is 36.5 Å². The summed E-state index contributed by atoms with van der Waals surface area (Å²) in [6.07, 6.45) is -0.0967. The second kappa shape index (κ2) is 7.20. The van der Waals surface area contributed by atoms with Gasteiger partial charge in [-0.3, -0.25) is 0 Å². The van der Waals surface area contributed by atoms with Gasteiger partial charge in [-0.2, -0.15) is 0 Å². The van der Waals surface area contributed by atoms with E-state index in [1.165, 1.54) is 7.11 Å². The lowest BCUT2D eigenvalue weighted by Crippen LogP contribution is -2.41. The second-order valence-corrected chi connectivity index (χ2v) is 6.13. The molecule has 2 aliphatic heterocycles. The zero-order chi connectivity index (χ0) is 18.1. The molecule has 26 heavy (non-hydrogen) atoms. The molecule has 7 heteroatoms. The summed E-state index contributed by atoms with van der Waals surface area (Å²) in [6.45, 7) is 2.42. The van der Waals surface area contributed by atoms with Crippen LogP contribution >= 0.6 is 0 Å². The van der Waals surface area contributed by atoms with Crippen molar-refractivity contribution in [2.75, 3.05) is 20.3 Å². The van der Waals surface area contributed by atoms with Gasteiger partial charge in [0, 0.05) is 30.0 Å². The Hall–Kier alpha value is -2.19. The zero-order valence-electron chi connectivity index (χ0n) is 14.6. The summed E-state index contributed by atoms with van der Waals surface area (Å²) in [7, 11) is 1.54. The summed E-state index contributed by atoms with van der Waals surface area (Å²) >= 11 is 0. The van der Waals surface area contributed by atoms with E-state index in [0.717, 1.165) is 11.1 Å². The molecule has 0 spiro atoms. The first-order valence-electron chi connectivity index (χ1n) is 8.61. The van der Waals surface area contributed by atoms with E-state index in [9.17, 15) is 4.79 Å². The van der Waals surface area contributed by atoms with Crippen molar-refractivity contribution in [2.24, 2.45) is 0 Å². The molecule has 7 nitrogen and oxygen atoms in total. The van der Waals surface area contributed by atoms with Gasteiger partial charge in [0.1, 0.15) is 17.9 Å². The first-order valence-corrected chi connectivity index (χ1v) is 8.61. The standard InChI is InChI=1S/C19H21NO6/c1-3-23-17(21)15-14-12(9-20-15)16-13(25-19(14)22-2)10-24-18(26-16)11-7-5-4-6-8-11/h4-9,13,16,18-20H,3,10H2,1-2H3/t13-,16+,18-,19+/m1/s1. The Morgan fingerprint density at radius 2 is 2.08 bits per heavy atom. The number of hydrogen-bond donors (Lipinski definition) is 1. The summed E-state index contributed by atoms with van der Waals surface area (Å²) in [5.74, 6) is -0.440. The predicted octanol–water partition coefficient (Wildman–Crippen LogP) is 3.02. The van der Waals surface area contributed by atoms with E-state index in [4.69, 9.17) is 23.7 Å². The molecule has 3 heterocycles. The lowest BCUT2D eigenvalue weighted by molar-refractivity contribution is -0.306. The molecule has 4 rings (SSSR count). The Labute approximate surface area is 151 Å². The van der Waals surface area contributed by atoms with Crippen LogP contribution in [0.2, 0.25) is 0 Å². The first-order chi connectivity index (χ1) is 12.7. The molecule has 4 atom stereocenters. The minimum Gasteiger partial charge on any atom is -0.461 e. The number of fused-ring (bicyclic) bond motifs is 3. The maximum Gasteiger partial charge on any atom is 0.355 e. The molecule has 0 saturated carbocycles. The van der Waals surface area contributed by atoms with Crippen molar-refractivity contribution in [1.29, 1.82) is 0 Å². The smallest absolute Gasteiger partial charge is 0.355 e. The third kappa shape index (κ3) is 2.93. The monoisotopic (exact) mass is 359 g/mol. The molecule has 0 bridgehead atoms. The summed E-state index contributed by atoms with van der Waals surface area (Å²) in [4.78, 5) is 15.3. The molecule has 0 unspecified atom stereocenters. The number of nitrogens with one attached hydrogen (secondary N) is 1. The van der Waals surface area contributed by atoms with Crippen molar-refractivity contribution in [1.82, 2.24) is 4.98 Å². The molecular weight excluding hydrogens is 338 g/mol. The Bertz CT molecular complexity index is 774. The van der Waals surface area contributed by atoms with Gasteiger partial charge < -0.3 is 28.7 Å². The minimum atomic E-state index is -0.683. The molecule has 0 aliphatic carbocycles. The van der Waals surface area contributed by atoms with E-state index >= 15 is 0 Å². The maximum atomic E-state index is 12.3. The maximum absolute atomic E-state index is 12.3. The minimum absolute atomic E-state index is 0.289. The number of hydrogen-bond acceptors (Lipinski definition) is 6. The lowest BCUT2D eigenvalue weighted by Gasteiger charge is -2.41. The number of H-pyrrole nitrogens is 1. The number of ether oxygens (including phenoxy) is 5. The quantitative estimate of drug-likeness (QED) is 0.846. The van der Waals surface area contributed by atoms with E-state index in [2.05, 4.69) is 4.98 Å². The summed E-state index contributed by atoms with van der Waals surface area (Å²) in [5.41, 5.74) is 2.72. The average Bonchev–Trinajstić information content (AvgIpc) is 3.13. The fourth-order valence-electron chi connectivity index (χ4n) is 3.41. The van der Waals surface area contributed by atoms with Crippen molar-refractivity contribution in [3.8, 4) is 0 Å². The molecule has 1 aromatic heterocycles. The molecule has 1 aromatic carbocycles. The number of aromatic nitrogens is 1. The van der Waals surface area contributed by atoms with Crippen LogP contribution in [0.1, 0.15) is 52.8 Å². The Balaban J connectivity index is 1.66. The number of rotatable bonds is 4. The number of carbonyl (C=O) groups is 1. The third-order valence-corrected chi connectivity index (χ3v) is 4.58. The highest BCUT2D eigenvalue weighted by Crippen LogP contribution is 2.45. The van der Waals surface area contributed by atoms with Crippen LogP contribution in [0.5, 0.6) is 0 Å². The predicted molar refractivity (Wildman–Crippen MR) is 90.3 cm³/mol. The van der Waals surface area contributed by atoms with Gasteiger partial charge in [-0.1, -0.05) is 30.3 Å². The first kappa shape index (κ1) is 17.2. The molecule has 1 N–H and O–H groups in total. The number of esters is 1. The van der Waals surface area contributed by atoms with Gasteiger partial charge in [-0.25, -0.2) is 4.79 Å². The van der Waals surface area contributed by atoms with E-state index in [1.807, 2.05) is 30.3 Å². The second-order valence-electron chi connectivity index (χ2n) is 6.13. The molecule has 1 fully saturated rings. The topological polar surface area (TPSA) is 79.0 Å². The van der Waals surface area contributed by atoms with Gasteiger partial charge in [-0.05, 0) is 6.92 Å². The number of benzene rings is 1. The van der Waals surface area contributed by atoms with Crippen LogP contribution in [0.4, 0.5) is 0 Å². The zero-order valence-corrected chi connectivity index (χ0v) is 14.6. The molecule has 0 amide bonds. The van der Waals surface area contributed by atoms with Crippen LogP contribution in [0.3, 0.4) is 0 Å². The summed E-state index contributed by atoms with van der Waals surface area (Å²) in [5, 5.41) is 0. The van der Waals surface area contributed by atoms with Crippen LogP contribution in [-0.2, 0) is 23.7 Å². The number of aromatic amines is 1. The molecule has 1 saturated heterocycles. The van der Waals surface area contributed by atoms with Crippen molar-refractivity contribution in [3.05, 3.63) is 58.9 Å². The van der Waals surface area contributed by atoms with E-state index in [1.54, 1.807) is 13.1 Å². The Kier molecular flexibility index (Phi) is 4.78. The number of methoxy groups -OCH3 is 1. The fraction of sp³-hybridized carbons (Fsp3) is 0.421. The van der Waals surface area contributed by atoms with Gasteiger partial charge in [0.25, 0.3) is 0 Å². The highest BCUT2D eigenvalue weighted by molar-refractivity contribution is 5.89. The van der Waals surface area contributed by atoms with Gasteiger partial charge in [-0.15, -0.1) is 0 Å². The van der Waals surface area contributed by atoms with Crippen LogP contribution in [0, 0.1) is 0 Å². The lowest BCUT2D eigenvalue weighted by atomic mass is 9.96. The largest absolute Gasteiger partial charge is 0.461 e. The van der Waals surface area contributed by atoms with E-state index in [0.29, 0.717) is 17.9 Å². The summed E-state index contributed by atoms with van der Waals surface area (Å²) < 4.78 is 28.6. The molecule has 2 aliphatic rings. The van der Waals surface area contributed by atoms with Crippen molar-refractivity contribution >= 4 is 5.97 Å². The van der Waals surface area contributed by atoms with E-state index < -0.39 is 18.5 Å². The van der Waals surface area contributed by atoms with Crippen molar-refractivity contribution < 1.29 is 28.5 Å². The van der Waals surface area contributed by atoms with Gasteiger partial charge >= 0.3 is 5.97 Å². The Morgan fingerprint density at radius 3 is 2.81 bits per heavy atom. The number of carbonyl (C=O) groups excluding carboxylic acids is 1. The Morgan fingerprint density at radius 1 is 1.27 bits per heavy atom. The van der Waals surface area contributed by atoms with Crippen molar-refractivity contribution in [3.63, 3.8) is 0 Å². The molecular formula is C19H21NO6. The van der Waals surface area contributed by atoms with Crippen LogP contribution < -0.4 is 0 Å². The van der Waals surface area contributed by atoms with Crippen LogP contribution in [-0.4, -0.2) is 37.4 Å². The van der Waals surface area contributed by atoms with E-state index in [-0.39, 0.29) is 18.8 Å². The average molecular weight is 359 g/mol. The third-order valence-electron chi connectivity index (χ3n) is 4.58. The normalized spacial score (nSPS) is 27.5. The molecule has 0 radical (unpaired) electrons. The highest BCUT2D eigenvalue weighted by Gasteiger charge is 2.44. The van der Waals surface area contributed by atoms with Crippen LogP contribution in [0.25, 0.3) is 0 Å². The highest BCUT2D eigenvalue weighted by atomic mass is 16.7. The SMILES string of the molecule is CCOC(=O)c1[nH]cc2c1[C@@H](OC)O[C@@H]1CO[C@@H](c3ccccc3)O[C@@H]21. The fourth-order valence-corrected chi connectivity index (χ4v) is 3.41.